The Hall–Kier alpha value is -0.0500. The van der Waals surface area contributed by atoms with E-state index in [1.54, 1.807) is 6.08 Å². The van der Waals surface area contributed by atoms with Crippen LogP contribution in [0.4, 0.5) is 0 Å². The van der Waals surface area contributed by atoms with Crippen LogP contribution in [-0.4, -0.2) is 23.9 Å². The Bertz CT molecular complexity index is 119. The van der Waals surface area contributed by atoms with Gasteiger partial charge in [-0.25, -0.2) is 0 Å². The van der Waals surface area contributed by atoms with Crippen molar-refractivity contribution in [1.82, 2.24) is 0 Å². The number of aliphatic hydroxyl groups excluding tert-OH is 1. The Kier molecular flexibility index (Phi) is 5.56. The molecule has 2 nitrogen and oxygen atoms in total. The number of ether oxygens (including phenoxy) is 1. The summed E-state index contributed by atoms with van der Waals surface area (Å²) < 4.78 is 5.35. The van der Waals surface area contributed by atoms with Gasteiger partial charge in [0.25, 0.3) is 0 Å². The van der Waals surface area contributed by atoms with Crippen molar-refractivity contribution in [2.45, 2.75) is 25.9 Å². The van der Waals surface area contributed by atoms with Gasteiger partial charge < -0.3 is 9.84 Å². The first-order chi connectivity index (χ1) is 5.24. The lowest BCUT2D eigenvalue weighted by atomic mass is 10.0. The lowest BCUT2D eigenvalue weighted by molar-refractivity contribution is -0.0415. The highest BCUT2D eigenvalue weighted by atomic mass is 35.5. The van der Waals surface area contributed by atoms with Gasteiger partial charge in [-0.15, -0.1) is 0 Å². The number of halogens is 1. The fraction of sp³-hybridized carbons (Fsp3) is 0.750. The molecule has 0 aromatic carbocycles. The average Bonchev–Trinajstić information content (AvgIpc) is 2.04. The molecule has 0 aliphatic carbocycles. The second kappa shape index (κ2) is 5.58. The Morgan fingerprint density at radius 3 is 2.45 bits per heavy atom. The van der Waals surface area contributed by atoms with E-state index in [0.717, 1.165) is 6.42 Å². The van der Waals surface area contributed by atoms with Gasteiger partial charge in [0.1, 0.15) is 5.60 Å². The number of hydrogen-bond acceptors (Lipinski definition) is 2. The van der Waals surface area contributed by atoms with Crippen molar-refractivity contribution in [3.05, 3.63) is 11.6 Å². The first-order valence-corrected chi connectivity index (χ1v) is 4.21. The molecule has 0 spiro atoms. The molecule has 0 fully saturated rings. The van der Waals surface area contributed by atoms with Gasteiger partial charge in [0.05, 0.1) is 6.61 Å². The highest BCUT2D eigenvalue weighted by Crippen LogP contribution is 2.17. The van der Waals surface area contributed by atoms with E-state index in [0.29, 0.717) is 6.61 Å². The summed E-state index contributed by atoms with van der Waals surface area (Å²) in [6.45, 7) is 4.39. The minimum absolute atomic E-state index is 0.0272. The zero-order valence-corrected chi connectivity index (χ0v) is 7.77. The van der Waals surface area contributed by atoms with Crippen LogP contribution in [0, 0.1) is 0 Å². The van der Waals surface area contributed by atoms with Crippen molar-refractivity contribution in [2.24, 2.45) is 0 Å². The topological polar surface area (TPSA) is 29.5 Å². The molecule has 0 radical (unpaired) electrons. The van der Waals surface area contributed by atoms with E-state index in [2.05, 4.69) is 0 Å². The van der Waals surface area contributed by atoms with Gasteiger partial charge in [0, 0.05) is 12.1 Å². The van der Waals surface area contributed by atoms with E-state index in [9.17, 15) is 0 Å². The van der Waals surface area contributed by atoms with E-state index in [-0.39, 0.29) is 6.61 Å². The summed E-state index contributed by atoms with van der Waals surface area (Å²) >= 11 is 5.41. The van der Waals surface area contributed by atoms with Crippen LogP contribution in [0.1, 0.15) is 20.3 Å². The van der Waals surface area contributed by atoms with Crippen molar-refractivity contribution in [1.29, 1.82) is 0 Å². The smallest absolute Gasteiger partial charge is 0.110 e. The van der Waals surface area contributed by atoms with Gasteiger partial charge in [-0.2, -0.15) is 0 Å². The summed E-state index contributed by atoms with van der Waals surface area (Å²) in [4.78, 5) is 0. The molecule has 1 atom stereocenters. The monoisotopic (exact) mass is 178 g/mol. The number of hydrogen-bond donors (Lipinski definition) is 1. The lowest BCUT2D eigenvalue weighted by Gasteiger charge is -2.26. The zero-order chi connectivity index (χ0) is 8.74. The summed E-state index contributed by atoms with van der Waals surface area (Å²) in [6.07, 6.45) is 2.40. The van der Waals surface area contributed by atoms with Crippen LogP contribution in [0.3, 0.4) is 0 Å². The summed E-state index contributed by atoms with van der Waals surface area (Å²) in [7, 11) is 0. The second-order valence-electron chi connectivity index (χ2n) is 2.30. The highest BCUT2D eigenvalue weighted by Gasteiger charge is 2.23. The van der Waals surface area contributed by atoms with E-state index < -0.39 is 5.60 Å². The fourth-order valence-corrected chi connectivity index (χ4v) is 1.11. The first-order valence-electron chi connectivity index (χ1n) is 3.77. The van der Waals surface area contributed by atoms with Crippen LogP contribution in [0.15, 0.2) is 11.6 Å². The normalized spacial score (nSPS) is 17.1. The molecule has 0 saturated carbocycles. The van der Waals surface area contributed by atoms with Crippen LogP contribution in [0.5, 0.6) is 0 Å². The van der Waals surface area contributed by atoms with Crippen molar-refractivity contribution < 1.29 is 9.84 Å². The third kappa shape index (κ3) is 3.23. The molecular weight excluding hydrogens is 164 g/mol. The van der Waals surface area contributed by atoms with E-state index >= 15 is 0 Å². The molecule has 0 aromatic heterocycles. The van der Waals surface area contributed by atoms with Crippen LogP contribution in [0.2, 0.25) is 0 Å². The standard InChI is InChI=1S/C8H15ClO2/c1-3-8(7-10,5-6-9)11-4-2/h5-6,10H,3-4,7H2,1-2H3/b6-5+/t8-/m1/s1. The predicted octanol–water partition coefficient (Wildman–Crippen LogP) is 1.92. The molecule has 66 valence electrons. The summed E-state index contributed by atoms with van der Waals surface area (Å²) in [5.74, 6) is 0. The average molecular weight is 179 g/mol. The molecule has 11 heavy (non-hydrogen) atoms. The molecule has 0 heterocycles. The SMILES string of the molecule is CCO[C@@](/C=C/Cl)(CC)CO. The molecule has 0 unspecified atom stereocenters. The summed E-state index contributed by atoms with van der Waals surface area (Å²) in [5.41, 5.74) is 0.811. The Labute approximate surface area is 72.8 Å². The molecule has 0 amide bonds. The minimum atomic E-state index is -0.573. The molecule has 0 aliphatic rings. The highest BCUT2D eigenvalue weighted by molar-refractivity contribution is 6.25. The summed E-state index contributed by atoms with van der Waals surface area (Å²) in [6, 6.07) is 0. The van der Waals surface area contributed by atoms with E-state index in [1.807, 2.05) is 13.8 Å². The third-order valence-corrected chi connectivity index (χ3v) is 1.79. The predicted molar refractivity (Wildman–Crippen MR) is 46.7 cm³/mol. The van der Waals surface area contributed by atoms with Gasteiger partial charge in [0.2, 0.25) is 0 Å². The van der Waals surface area contributed by atoms with Crippen molar-refractivity contribution >= 4 is 11.6 Å². The zero-order valence-electron chi connectivity index (χ0n) is 7.01. The molecule has 0 aromatic rings. The number of rotatable bonds is 5. The fourth-order valence-electron chi connectivity index (χ4n) is 0.880. The van der Waals surface area contributed by atoms with E-state index in [4.69, 9.17) is 21.4 Å². The Balaban J connectivity index is 4.19. The Morgan fingerprint density at radius 1 is 1.55 bits per heavy atom. The molecule has 1 N–H and O–H groups in total. The van der Waals surface area contributed by atoms with Crippen LogP contribution in [-0.2, 0) is 4.74 Å². The molecule has 3 heteroatoms. The van der Waals surface area contributed by atoms with Crippen molar-refractivity contribution in [3.8, 4) is 0 Å². The van der Waals surface area contributed by atoms with Gasteiger partial charge >= 0.3 is 0 Å². The number of aliphatic hydroxyl groups is 1. The second-order valence-corrected chi connectivity index (χ2v) is 2.55. The largest absolute Gasteiger partial charge is 0.393 e. The van der Waals surface area contributed by atoms with Crippen molar-refractivity contribution in [2.75, 3.05) is 13.2 Å². The van der Waals surface area contributed by atoms with Gasteiger partial charge in [-0.3, -0.25) is 0 Å². The quantitative estimate of drug-likeness (QED) is 0.697. The molecular formula is C8H15ClO2. The summed E-state index contributed by atoms with van der Waals surface area (Å²) in [5, 5.41) is 9.00. The molecule has 0 bridgehead atoms. The van der Waals surface area contributed by atoms with Crippen molar-refractivity contribution in [3.63, 3.8) is 0 Å². The van der Waals surface area contributed by atoms with Gasteiger partial charge in [-0.1, -0.05) is 18.5 Å². The maximum Gasteiger partial charge on any atom is 0.110 e. The molecule has 0 aliphatic heterocycles. The maximum atomic E-state index is 9.00. The molecule has 0 saturated heterocycles. The molecule has 0 rings (SSSR count). The maximum absolute atomic E-state index is 9.00. The van der Waals surface area contributed by atoms with Crippen LogP contribution < -0.4 is 0 Å². The first kappa shape index (κ1) is 11.0. The Morgan fingerprint density at radius 2 is 2.18 bits per heavy atom. The lowest BCUT2D eigenvalue weighted by Crippen LogP contribution is -2.33. The van der Waals surface area contributed by atoms with Gasteiger partial charge in [-0.05, 0) is 19.4 Å². The van der Waals surface area contributed by atoms with Gasteiger partial charge in [0.15, 0.2) is 0 Å². The minimum Gasteiger partial charge on any atom is -0.393 e. The van der Waals surface area contributed by atoms with Crippen LogP contribution >= 0.6 is 11.6 Å². The van der Waals surface area contributed by atoms with E-state index in [1.165, 1.54) is 5.54 Å². The third-order valence-electron chi connectivity index (χ3n) is 1.66. The van der Waals surface area contributed by atoms with Crippen LogP contribution in [0.25, 0.3) is 0 Å².